The minimum Gasteiger partial charge on any atom is -0.465 e. The van der Waals surface area contributed by atoms with E-state index in [2.05, 4.69) is 20.8 Å². The van der Waals surface area contributed by atoms with Crippen molar-refractivity contribution >= 4 is 11.8 Å². The molecular weight excluding hydrogens is 240 g/mol. The molecule has 3 heteroatoms. The lowest BCUT2D eigenvalue weighted by Gasteiger charge is -2.56. The number of ketones is 1. The Morgan fingerprint density at radius 2 is 2.00 bits per heavy atom. The molecule has 0 spiro atoms. The summed E-state index contributed by atoms with van der Waals surface area (Å²) in [4.78, 5) is 23.3. The third kappa shape index (κ3) is 2.56. The number of esters is 1. The van der Waals surface area contributed by atoms with Crippen molar-refractivity contribution in [3.8, 4) is 0 Å². The Kier molecular flexibility index (Phi) is 3.76. The normalized spacial score (nSPS) is 37.6. The first-order chi connectivity index (χ1) is 8.77. The number of fused-ring (bicyclic) bond motifs is 1. The number of Topliss-reactive ketones (excluding diaryl/α,β-unsaturated/α-hetero) is 1. The summed E-state index contributed by atoms with van der Waals surface area (Å²) in [5, 5.41) is 0. The molecule has 0 bridgehead atoms. The Morgan fingerprint density at radius 3 is 2.63 bits per heavy atom. The fraction of sp³-hybridized carbons (Fsp3) is 0.875. The van der Waals surface area contributed by atoms with Crippen LogP contribution in [0.15, 0.2) is 0 Å². The predicted octanol–water partition coefficient (Wildman–Crippen LogP) is 3.36. The lowest BCUT2D eigenvalue weighted by molar-refractivity contribution is -0.156. The highest BCUT2D eigenvalue weighted by molar-refractivity contribution is 5.83. The molecule has 0 aromatic rings. The SMILES string of the molecule is CC(=O)OCC1C(=O)CCC2C(C)(C)CCCC12C. The van der Waals surface area contributed by atoms with Crippen molar-refractivity contribution in [1.29, 1.82) is 0 Å². The Bertz CT molecular complexity index is 385. The van der Waals surface area contributed by atoms with E-state index in [9.17, 15) is 9.59 Å². The minimum absolute atomic E-state index is 0.00648. The number of hydrogen-bond donors (Lipinski definition) is 0. The smallest absolute Gasteiger partial charge is 0.302 e. The van der Waals surface area contributed by atoms with Gasteiger partial charge >= 0.3 is 5.97 Å². The zero-order valence-corrected chi connectivity index (χ0v) is 12.6. The molecule has 0 amide bonds. The summed E-state index contributed by atoms with van der Waals surface area (Å²) < 4.78 is 5.17. The molecular formula is C16H26O3. The van der Waals surface area contributed by atoms with Crippen molar-refractivity contribution in [2.24, 2.45) is 22.7 Å². The van der Waals surface area contributed by atoms with Crippen LogP contribution in [0, 0.1) is 22.7 Å². The van der Waals surface area contributed by atoms with Gasteiger partial charge in [-0.3, -0.25) is 9.59 Å². The van der Waals surface area contributed by atoms with Crippen molar-refractivity contribution < 1.29 is 14.3 Å². The maximum Gasteiger partial charge on any atom is 0.302 e. The third-order valence-electron chi connectivity index (χ3n) is 5.59. The molecule has 0 saturated heterocycles. The van der Waals surface area contributed by atoms with Crippen molar-refractivity contribution in [1.82, 2.24) is 0 Å². The van der Waals surface area contributed by atoms with Crippen LogP contribution < -0.4 is 0 Å². The topological polar surface area (TPSA) is 43.4 Å². The first kappa shape index (κ1) is 14.5. The van der Waals surface area contributed by atoms with Crippen molar-refractivity contribution in [2.75, 3.05) is 6.61 Å². The molecule has 2 rings (SSSR count). The van der Waals surface area contributed by atoms with Crippen LogP contribution >= 0.6 is 0 Å². The molecule has 108 valence electrons. The fourth-order valence-corrected chi connectivity index (χ4v) is 4.62. The van der Waals surface area contributed by atoms with Gasteiger partial charge in [0.25, 0.3) is 0 Å². The molecule has 0 aromatic heterocycles. The zero-order chi connectivity index (χ0) is 14.3. The van der Waals surface area contributed by atoms with E-state index in [4.69, 9.17) is 4.74 Å². The second kappa shape index (κ2) is 4.92. The van der Waals surface area contributed by atoms with E-state index in [-0.39, 0.29) is 29.7 Å². The first-order valence-electron chi connectivity index (χ1n) is 7.43. The van der Waals surface area contributed by atoms with E-state index < -0.39 is 0 Å². The average Bonchev–Trinajstić information content (AvgIpc) is 2.26. The summed E-state index contributed by atoms with van der Waals surface area (Å²) in [6.45, 7) is 8.58. The summed E-state index contributed by atoms with van der Waals surface area (Å²) in [6, 6.07) is 0. The summed E-state index contributed by atoms with van der Waals surface area (Å²) in [5.74, 6) is 0.466. The van der Waals surface area contributed by atoms with E-state index in [1.54, 1.807) is 0 Å². The molecule has 2 fully saturated rings. The van der Waals surface area contributed by atoms with Crippen LogP contribution in [0.25, 0.3) is 0 Å². The molecule has 3 atom stereocenters. The van der Waals surface area contributed by atoms with E-state index in [1.807, 2.05) is 0 Å². The van der Waals surface area contributed by atoms with Gasteiger partial charge in [-0.1, -0.05) is 27.2 Å². The standard InChI is InChI=1S/C16H26O3/c1-11(17)19-10-12-13(18)6-7-14-15(2,3)8-5-9-16(12,14)4/h12,14H,5-10H2,1-4H3. The van der Waals surface area contributed by atoms with Crippen LogP contribution in [-0.2, 0) is 14.3 Å². The quantitative estimate of drug-likeness (QED) is 0.720. The molecule has 0 aromatic carbocycles. The van der Waals surface area contributed by atoms with E-state index in [1.165, 1.54) is 19.8 Å². The average molecular weight is 266 g/mol. The second-order valence-electron chi connectivity index (χ2n) is 7.26. The highest BCUT2D eigenvalue weighted by atomic mass is 16.5. The Balaban J connectivity index is 2.24. The van der Waals surface area contributed by atoms with Crippen LogP contribution in [-0.4, -0.2) is 18.4 Å². The summed E-state index contributed by atoms with van der Waals surface area (Å²) in [7, 11) is 0. The summed E-state index contributed by atoms with van der Waals surface area (Å²) in [6.07, 6.45) is 5.14. The van der Waals surface area contributed by atoms with Gasteiger partial charge in [-0.2, -0.15) is 0 Å². The highest BCUT2D eigenvalue weighted by Crippen LogP contribution is 2.58. The van der Waals surface area contributed by atoms with Gasteiger partial charge in [0, 0.05) is 13.3 Å². The molecule has 19 heavy (non-hydrogen) atoms. The Labute approximate surface area is 116 Å². The van der Waals surface area contributed by atoms with E-state index in [0.717, 1.165) is 12.8 Å². The predicted molar refractivity (Wildman–Crippen MR) is 73.6 cm³/mol. The van der Waals surface area contributed by atoms with Crippen LogP contribution in [0.3, 0.4) is 0 Å². The maximum atomic E-state index is 12.3. The fourth-order valence-electron chi connectivity index (χ4n) is 4.62. The van der Waals surface area contributed by atoms with Gasteiger partial charge in [0.05, 0.1) is 5.92 Å². The third-order valence-corrected chi connectivity index (χ3v) is 5.59. The monoisotopic (exact) mass is 266 g/mol. The molecule has 2 aliphatic carbocycles. The molecule has 0 N–H and O–H groups in total. The minimum atomic E-state index is -0.284. The number of rotatable bonds is 2. The molecule has 2 aliphatic rings. The van der Waals surface area contributed by atoms with Gasteiger partial charge < -0.3 is 4.74 Å². The van der Waals surface area contributed by atoms with Crippen molar-refractivity contribution in [3.63, 3.8) is 0 Å². The van der Waals surface area contributed by atoms with Gasteiger partial charge in [-0.05, 0) is 36.0 Å². The molecule has 3 unspecified atom stereocenters. The second-order valence-corrected chi connectivity index (χ2v) is 7.26. The highest BCUT2D eigenvalue weighted by Gasteiger charge is 2.54. The Hall–Kier alpha value is -0.860. The molecule has 0 heterocycles. The lowest BCUT2D eigenvalue weighted by Crippen LogP contribution is -2.53. The van der Waals surface area contributed by atoms with Crippen LogP contribution in [0.2, 0.25) is 0 Å². The molecule has 0 radical (unpaired) electrons. The number of ether oxygens (including phenoxy) is 1. The summed E-state index contributed by atoms with van der Waals surface area (Å²) >= 11 is 0. The van der Waals surface area contributed by atoms with Crippen LogP contribution in [0.1, 0.15) is 59.8 Å². The number of carbonyl (C=O) groups excluding carboxylic acids is 2. The largest absolute Gasteiger partial charge is 0.465 e. The Morgan fingerprint density at radius 1 is 1.32 bits per heavy atom. The van der Waals surface area contributed by atoms with Gasteiger partial charge in [-0.25, -0.2) is 0 Å². The van der Waals surface area contributed by atoms with Gasteiger partial charge in [0.2, 0.25) is 0 Å². The molecule has 0 aliphatic heterocycles. The van der Waals surface area contributed by atoms with E-state index in [0.29, 0.717) is 17.8 Å². The maximum absolute atomic E-state index is 12.3. The van der Waals surface area contributed by atoms with Gasteiger partial charge in [0.15, 0.2) is 0 Å². The van der Waals surface area contributed by atoms with Gasteiger partial charge in [-0.15, -0.1) is 0 Å². The van der Waals surface area contributed by atoms with Crippen molar-refractivity contribution in [2.45, 2.75) is 59.8 Å². The first-order valence-corrected chi connectivity index (χ1v) is 7.43. The molecule has 2 saturated carbocycles. The lowest BCUT2D eigenvalue weighted by atomic mass is 9.48. The number of hydrogen-bond acceptors (Lipinski definition) is 3. The molecule has 3 nitrogen and oxygen atoms in total. The summed E-state index contributed by atoms with van der Waals surface area (Å²) in [5.41, 5.74) is 0.300. The number of carbonyl (C=O) groups is 2. The zero-order valence-electron chi connectivity index (χ0n) is 12.6. The van der Waals surface area contributed by atoms with Crippen molar-refractivity contribution in [3.05, 3.63) is 0 Å². The van der Waals surface area contributed by atoms with Gasteiger partial charge in [0.1, 0.15) is 12.4 Å². The van der Waals surface area contributed by atoms with E-state index >= 15 is 0 Å². The van der Waals surface area contributed by atoms with Crippen LogP contribution in [0.4, 0.5) is 0 Å². The van der Waals surface area contributed by atoms with Crippen LogP contribution in [0.5, 0.6) is 0 Å².